The van der Waals surface area contributed by atoms with E-state index in [1.54, 1.807) is 6.92 Å². The zero-order chi connectivity index (χ0) is 24.7. The molecule has 0 aliphatic carbocycles. The third-order valence-electron chi connectivity index (χ3n) is 7.13. The maximum atomic E-state index is 12.9. The van der Waals surface area contributed by atoms with E-state index in [1.165, 1.54) is 0 Å². The minimum Gasteiger partial charge on any atom is -0.461 e. The van der Waals surface area contributed by atoms with Crippen molar-refractivity contribution < 1.29 is 19.1 Å². The first kappa shape index (κ1) is 26.2. The minimum absolute atomic E-state index is 0.0584. The molecular formula is C25H41N5O4. The van der Waals surface area contributed by atoms with E-state index < -0.39 is 0 Å². The highest BCUT2D eigenvalue weighted by Crippen LogP contribution is 2.22. The fourth-order valence-corrected chi connectivity index (χ4v) is 4.93. The lowest BCUT2D eigenvalue weighted by atomic mass is 9.96. The summed E-state index contributed by atoms with van der Waals surface area (Å²) in [5.41, 5.74) is 3.20. The lowest BCUT2D eigenvalue weighted by molar-refractivity contribution is -0.135. The van der Waals surface area contributed by atoms with Crippen molar-refractivity contribution in [1.29, 1.82) is 0 Å². The second-order valence-electron chi connectivity index (χ2n) is 9.56. The van der Waals surface area contributed by atoms with Gasteiger partial charge in [-0.25, -0.2) is 4.79 Å². The van der Waals surface area contributed by atoms with E-state index in [9.17, 15) is 14.4 Å². The van der Waals surface area contributed by atoms with Crippen molar-refractivity contribution in [3.63, 3.8) is 0 Å². The number of likely N-dealkylation sites (N-methyl/N-ethyl adjacent to an activating group) is 1. The van der Waals surface area contributed by atoms with Gasteiger partial charge in [0, 0.05) is 64.5 Å². The van der Waals surface area contributed by atoms with Gasteiger partial charge in [-0.3, -0.25) is 14.5 Å². The Hall–Kier alpha value is -2.39. The van der Waals surface area contributed by atoms with Crippen LogP contribution in [0.15, 0.2) is 0 Å². The molecule has 190 valence electrons. The second kappa shape index (κ2) is 12.4. The maximum absolute atomic E-state index is 12.9. The van der Waals surface area contributed by atoms with Crippen LogP contribution in [-0.2, 0) is 20.7 Å². The van der Waals surface area contributed by atoms with E-state index in [2.05, 4.69) is 27.1 Å². The Kier molecular flexibility index (Phi) is 9.53. The highest BCUT2D eigenvalue weighted by atomic mass is 16.5. The molecule has 0 saturated carbocycles. The standard InChI is InChI=1S/C25H41N5O4/c1-5-34-25(33)23-18(2)21(19(3)27-23)8-9-22(31)30-11-6-7-20(17-30)24(32)26-10-12-29-15-13-28(4)14-16-29/h20,27H,5-17H2,1-4H3,(H,26,32). The van der Waals surface area contributed by atoms with E-state index in [4.69, 9.17) is 4.74 Å². The van der Waals surface area contributed by atoms with Crippen LogP contribution < -0.4 is 5.32 Å². The monoisotopic (exact) mass is 475 g/mol. The number of H-pyrrole nitrogens is 1. The molecule has 2 amide bonds. The highest BCUT2D eigenvalue weighted by Gasteiger charge is 2.28. The predicted octanol–water partition coefficient (Wildman–Crippen LogP) is 1.34. The number of aryl methyl sites for hydroxylation is 1. The van der Waals surface area contributed by atoms with E-state index >= 15 is 0 Å². The third kappa shape index (κ3) is 6.82. The molecule has 3 heterocycles. The number of hydrogen-bond donors (Lipinski definition) is 2. The Labute approximate surface area is 203 Å². The average molecular weight is 476 g/mol. The van der Waals surface area contributed by atoms with Crippen LogP contribution in [0.3, 0.4) is 0 Å². The first-order valence-electron chi connectivity index (χ1n) is 12.6. The molecule has 3 rings (SSSR count). The summed E-state index contributed by atoms with van der Waals surface area (Å²) in [7, 11) is 2.14. The number of nitrogens with zero attached hydrogens (tertiary/aromatic N) is 3. The van der Waals surface area contributed by atoms with Crippen LogP contribution in [-0.4, -0.2) is 103 Å². The van der Waals surface area contributed by atoms with Crippen LogP contribution >= 0.6 is 0 Å². The van der Waals surface area contributed by atoms with Gasteiger partial charge in [0.1, 0.15) is 5.69 Å². The molecule has 0 bridgehead atoms. The molecule has 9 heteroatoms. The first-order chi connectivity index (χ1) is 16.3. The maximum Gasteiger partial charge on any atom is 0.355 e. The Morgan fingerprint density at radius 3 is 2.56 bits per heavy atom. The zero-order valence-electron chi connectivity index (χ0n) is 21.2. The molecule has 2 aliphatic rings. The summed E-state index contributed by atoms with van der Waals surface area (Å²) in [4.78, 5) is 47.4. The van der Waals surface area contributed by atoms with Crippen molar-refractivity contribution in [2.45, 2.75) is 46.5 Å². The number of piperidine rings is 1. The first-order valence-corrected chi connectivity index (χ1v) is 12.6. The minimum atomic E-state index is -0.363. The normalized spacial score (nSPS) is 19.8. The van der Waals surface area contributed by atoms with E-state index in [0.717, 1.165) is 62.4 Å². The van der Waals surface area contributed by atoms with Crippen molar-refractivity contribution in [2.75, 3.05) is 66.0 Å². The lowest BCUT2D eigenvalue weighted by Gasteiger charge is -2.33. The van der Waals surface area contributed by atoms with Gasteiger partial charge in [-0.15, -0.1) is 0 Å². The number of carbonyl (C=O) groups is 3. The third-order valence-corrected chi connectivity index (χ3v) is 7.13. The van der Waals surface area contributed by atoms with Crippen molar-refractivity contribution in [3.8, 4) is 0 Å². The van der Waals surface area contributed by atoms with Crippen LogP contribution in [0.5, 0.6) is 0 Å². The van der Waals surface area contributed by atoms with E-state index in [0.29, 0.717) is 44.8 Å². The van der Waals surface area contributed by atoms with Crippen molar-refractivity contribution in [1.82, 2.24) is 25.0 Å². The van der Waals surface area contributed by atoms with Crippen LogP contribution in [0.2, 0.25) is 0 Å². The van der Waals surface area contributed by atoms with Crippen LogP contribution in [0, 0.1) is 19.8 Å². The van der Waals surface area contributed by atoms with Gasteiger partial charge in [-0.2, -0.15) is 0 Å². The Morgan fingerprint density at radius 2 is 1.85 bits per heavy atom. The summed E-state index contributed by atoms with van der Waals surface area (Å²) in [6.45, 7) is 12.8. The van der Waals surface area contributed by atoms with Gasteiger partial charge in [0.05, 0.1) is 12.5 Å². The molecule has 0 spiro atoms. The molecule has 1 aromatic heterocycles. The van der Waals surface area contributed by atoms with Crippen LogP contribution in [0.25, 0.3) is 0 Å². The highest BCUT2D eigenvalue weighted by molar-refractivity contribution is 5.90. The quantitative estimate of drug-likeness (QED) is 0.523. The number of esters is 1. The summed E-state index contributed by atoms with van der Waals surface area (Å²) in [5.74, 6) is -0.384. The molecule has 1 aromatic rings. The number of hydrogen-bond acceptors (Lipinski definition) is 6. The topological polar surface area (TPSA) is 98.0 Å². The molecule has 9 nitrogen and oxygen atoms in total. The SMILES string of the molecule is CCOC(=O)c1[nH]c(C)c(CCC(=O)N2CCCC(C(=O)NCCN3CCN(C)CC3)C2)c1C. The van der Waals surface area contributed by atoms with Crippen molar-refractivity contribution in [3.05, 3.63) is 22.5 Å². The van der Waals surface area contributed by atoms with Gasteiger partial charge >= 0.3 is 5.97 Å². The number of ether oxygens (including phenoxy) is 1. The number of rotatable bonds is 9. The fraction of sp³-hybridized carbons (Fsp3) is 0.720. The molecular weight excluding hydrogens is 434 g/mol. The Balaban J connectivity index is 1.45. The Morgan fingerprint density at radius 1 is 1.12 bits per heavy atom. The van der Waals surface area contributed by atoms with Gasteiger partial charge in [0.15, 0.2) is 0 Å². The van der Waals surface area contributed by atoms with E-state index in [1.807, 2.05) is 18.7 Å². The summed E-state index contributed by atoms with van der Waals surface area (Å²) in [6, 6.07) is 0. The molecule has 34 heavy (non-hydrogen) atoms. The van der Waals surface area contributed by atoms with E-state index in [-0.39, 0.29) is 23.7 Å². The van der Waals surface area contributed by atoms with Crippen molar-refractivity contribution in [2.24, 2.45) is 5.92 Å². The summed E-state index contributed by atoms with van der Waals surface area (Å²) in [6.07, 6.45) is 2.59. The molecule has 2 saturated heterocycles. The van der Waals surface area contributed by atoms with Crippen LogP contribution in [0.1, 0.15) is 53.5 Å². The van der Waals surface area contributed by atoms with Gasteiger partial charge in [0.2, 0.25) is 11.8 Å². The number of aromatic amines is 1. The Bertz CT molecular complexity index is 860. The molecule has 0 aromatic carbocycles. The van der Waals surface area contributed by atoms with Gasteiger partial charge < -0.3 is 24.8 Å². The fourth-order valence-electron chi connectivity index (χ4n) is 4.93. The summed E-state index contributed by atoms with van der Waals surface area (Å²) in [5, 5.41) is 3.09. The molecule has 2 fully saturated rings. The molecule has 0 radical (unpaired) electrons. The predicted molar refractivity (Wildman–Crippen MR) is 131 cm³/mol. The average Bonchev–Trinajstić information content (AvgIpc) is 3.12. The molecule has 1 unspecified atom stereocenters. The number of carbonyl (C=O) groups excluding carboxylic acids is 3. The molecule has 1 atom stereocenters. The summed E-state index contributed by atoms with van der Waals surface area (Å²) >= 11 is 0. The number of aromatic nitrogens is 1. The number of piperazine rings is 1. The number of amides is 2. The van der Waals surface area contributed by atoms with Crippen molar-refractivity contribution >= 4 is 17.8 Å². The molecule has 2 N–H and O–H groups in total. The van der Waals surface area contributed by atoms with Crippen LogP contribution in [0.4, 0.5) is 0 Å². The second-order valence-corrected chi connectivity index (χ2v) is 9.56. The number of likely N-dealkylation sites (tertiary alicyclic amines) is 1. The van der Waals surface area contributed by atoms with Gasteiger partial charge in [-0.05, 0) is 58.2 Å². The largest absolute Gasteiger partial charge is 0.461 e. The smallest absolute Gasteiger partial charge is 0.355 e. The lowest BCUT2D eigenvalue weighted by Crippen LogP contribution is -2.49. The molecule has 2 aliphatic heterocycles. The number of nitrogens with one attached hydrogen (secondary N) is 2. The summed E-state index contributed by atoms with van der Waals surface area (Å²) < 4.78 is 5.11. The zero-order valence-corrected chi connectivity index (χ0v) is 21.2. The van der Waals surface area contributed by atoms with Gasteiger partial charge in [0.25, 0.3) is 0 Å². The van der Waals surface area contributed by atoms with Gasteiger partial charge in [-0.1, -0.05) is 0 Å².